The van der Waals surface area contributed by atoms with Crippen molar-refractivity contribution in [2.45, 2.75) is 6.17 Å². The van der Waals surface area contributed by atoms with Gasteiger partial charge in [0, 0.05) is 0 Å². The standard InChI is InChI=1S/C8H6N2/c1-2-4-7(5-3-1)8-9-6-10-8/h1-5,8H. The predicted molar refractivity (Wildman–Crippen MR) is 39.0 cm³/mol. The lowest BCUT2D eigenvalue weighted by atomic mass is 10.2. The van der Waals surface area contributed by atoms with Crippen LogP contribution < -0.4 is 0 Å². The zero-order valence-corrected chi connectivity index (χ0v) is 5.36. The van der Waals surface area contributed by atoms with Gasteiger partial charge in [0.25, 0.3) is 0 Å². The van der Waals surface area contributed by atoms with Crippen LogP contribution in [0.15, 0.2) is 40.3 Å². The Hall–Kier alpha value is -1.40. The monoisotopic (exact) mass is 130 g/mol. The Morgan fingerprint density at radius 1 is 1.10 bits per heavy atom. The fourth-order valence-electron chi connectivity index (χ4n) is 0.890. The molecule has 2 nitrogen and oxygen atoms in total. The van der Waals surface area contributed by atoms with Crippen molar-refractivity contribution >= 4 is 6.01 Å². The summed E-state index contributed by atoms with van der Waals surface area (Å²) in [6.45, 7) is 0. The number of benzene rings is 1. The van der Waals surface area contributed by atoms with Gasteiger partial charge in [0.2, 0.25) is 0 Å². The fourth-order valence-corrected chi connectivity index (χ4v) is 0.890. The van der Waals surface area contributed by atoms with E-state index in [0.717, 1.165) is 5.56 Å². The molecular weight excluding hydrogens is 124 g/mol. The summed E-state index contributed by atoms with van der Waals surface area (Å²) in [4.78, 5) is 7.85. The number of hydrogen-bond donors (Lipinski definition) is 0. The molecule has 48 valence electrons. The zero-order chi connectivity index (χ0) is 6.81. The molecule has 0 unspecified atom stereocenters. The molecular formula is C8H6N2. The van der Waals surface area contributed by atoms with Crippen LogP contribution in [0.1, 0.15) is 11.7 Å². The first kappa shape index (κ1) is 5.39. The van der Waals surface area contributed by atoms with Crippen molar-refractivity contribution in [2.75, 3.05) is 0 Å². The van der Waals surface area contributed by atoms with E-state index in [-0.39, 0.29) is 6.17 Å². The second-order valence-corrected chi connectivity index (χ2v) is 2.14. The van der Waals surface area contributed by atoms with Crippen LogP contribution in [0, 0.1) is 0 Å². The maximum atomic E-state index is 3.92. The molecule has 2 rings (SSSR count). The summed E-state index contributed by atoms with van der Waals surface area (Å²) in [5.74, 6) is 0. The molecule has 0 bridgehead atoms. The Morgan fingerprint density at radius 3 is 2.30 bits per heavy atom. The van der Waals surface area contributed by atoms with Crippen LogP contribution in [0.2, 0.25) is 0 Å². The maximum absolute atomic E-state index is 3.92. The van der Waals surface area contributed by atoms with Crippen LogP contribution >= 0.6 is 0 Å². The summed E-state index contributed by atoms with van der Waals surface area (Å²) in [5.41, 5.74) is 1.14. The van der Waals surface area contributed by atoms with E-state index < -0.39 is 0 Å². The molecule has 0 saturated heterocycles. The first-order chi connectivity index (χ1) is 4.97. The van der Waals surface area contributed by atoms with Gasteiger partial charge in [-0.1, -0.05) is 30.3 Å². The third-order valence-electron chi connectivity index (χ3n) is 1.46. The van der Waals surface area contributed by atoms with E-state index in [1.165, 1.54) is 0 Å². The van der Waals surface area contributed by atoms with Crippen LogP contribution in [-0.4, -0.2) is 6.01 Å². The summed E-state index contributed by atoms with van der Waals surface area (Å²) in [7, 11) is 0. The van der Waals surface area contributed by atoms with Crippen molar-refractivity contribution in [1.82, 2.24) is 0 Å². The van der Waals surface area contributed by atoms with E-state index in [4.69, 9.17) is 0 Å². The van der Waals surface area contributed by atoms with Gasteiger partial charge >= 0.3 is 0 Å². The topological polar surface area (TPSA) is 24.7 Å². The molecule has 0 radical (unpaired) electrons. The fraction of sp³-hybridized carbons (Fsp3) is 0.125. The van der Waals surface area contributed by atoms with Crippen LogP contribution in [0.4, 0.5) is 0 Å². The normalized spacial score (nSPS) is 15.2. The summed E-state index contributed by atoms with van der Waals surface area (Å²) < 4.78 is 0. The van der Waals surface area contributed by atoms with Gasteiger partial charge in [-0.25, -0.2) is 0 Å². The molecule has 10 heavy (non-hydrogen) atoms. The first-order valence-corrected chi connectivity index (χ1v) is 3.16. The molecule has 1 aliphatic heterocycles. The zero-order valence-electron chi connectivity index (χ0n) is 5.36. The van der Waals surface area contributed by atoms with Gasteiger partial charge in [0.15, 0.2) is 6.17 Å². The summed E-state index contributed by atoms with van der Waals surface area (Å²) >= 11 is 0. The SMILES string of the molecule is C1=NC(c2ccccc2)N=1. The van der Waals surface area contributed by atoms with Crippen molar-refractivity contribution in [3.8, 4) is 0 Å². The van der Waals surface area contributed by atoms with Crippen LogP contribution in [0.3, 0.4) is 0 Å². The quantitative estimate of drug-likeness (QED) is 0.554. The van der Waals surface area contributed by atoms with Gasteiger partial charge in [-0.2, -0.15) is 9.98 Å². The van der Waals surface area contributed by atoms with Gasteiger partial charge in [0.05, 0.1) is 6.01 Å². The lowest BCUT2D eigenvalue weighted by Gasteiger charge is -2.07. The van der Waals surface area contributed by atoms with Crippen LogP contribution in [0.5, 0.6) is 0 Å². The second kappa shape index (κ2) is 2.09. The van der Waals surface area contributed by atoms with Crippen molar-refractivity contribution in [1.29, 1.82) is 0 Å². The summed E-state index contributed by atoms with van der Waals surface area (Å²) in [6, 6.07) is 12.5. The molecule has 1 aliphatic rings. The highest BCUT2D eigenvalue weighted by molar-refractivity contribution is 5.49. The van der Waals surface area contributed by atoms with E-state index >= 15 is 0 Å². The van der Waals surface area contributed by atoms with Crippen molar-refractivity contribution in [3.05, 3.63) is 35.9 Å². The van der Waals surface area contributed by atoms with Crippen molar-refractivity contribution in [2.24, 2.45) is 9.98 Å². The van der Waals surface area contributed by atoms with E-state index in [2.05, 4.69) is 16.0 Å². The van der Waals surface area contributed by atoms with Crippen LogP contribution in [-0.2, 0) is 0 Å². The summed E-state index contributed by atoms with van der Waals surface area (Å²) in [5, 5.41) is 0. The highest BCUT2D eigenvalue weighted by Gasteiger charge is 2.09. The average Bonchev–Trinajstić information content (AvgIpc) is 1.86. The molecule has 1 aromatic carbocycles. The molecule has 1 aromatic rings. The van der Waals surface area contributed by atoms with E-state index in [0.29, 0.717) is 0 Å². The maximum Gasteiger partial charge on any atom is 0.186 e. The Morgan fingerprint density at radius 2 is 1.80 bits per heavy atom. The molecule has 0 fully saturated rings. The van der Waals surface area contributed by atoms with E-state index in [1.807, 2.05) is 30.3 Å². The predicted octanol–water partition coefficient (Wildman–Crippen LogP) is 1.87. The average molecular weight is 130 g/mol. The minimum absolute atomic E-state index is 0.0289. The molecule has 0 N–H and O–H groups in total. The molecule has 0 saturated carbocycles. The lowest BCUT2D eigenvalue weighted by Crippen LogP contribution is -1.95. The Kier molecular flexibility index (Phi) is 1.12. The molecule has 1 heterocycles. The number of nitrogens with zero attached hydrogens (tertiary/aromatic N) is 2. The first-order valence-electron chi connectivity index (χ1n) is 3.16. The van der Waals surface area contributed by atoms with Gasteiger partial charge in [0.1, 0.15) is 0 Å². The third-order valence-corrected chi connectivity index (χ3v) is 1.46. The highest BCUT2D eigenvalue weighted by atomic mass is 15.1. The van der Waals surface area contributed by atoms with Crippen LogP contribution in [0.25, 0.3) is 0 Å². The van der Waals surface area contributed by atoms with Crippen molar-refractivity contribution in [3.63, 3.8) is 0 Å². The smallest absolute Gasteiger partial charge is 0.186 e. The Balaban J connectivity index is 2.28. The third kappa shape index (κ3) is 0.751. The van der Waals surface area contributed by atoms with Gasteiger partial charge in [-0.05, 0) is 5.56 Å². The number of aliphatic imine (C=N–C) groups is 2. The Bertz CT molecular complexity index is 275. The summed E-state index contributed by atoms with van der Waals surface area (Å²) in [6.07, 6.45) is 0.0289. The molecule has 0 aliphatic carbocycles. The molecule has 0 spiro atoms. The van der Waals surface area contributed by atoms with Gasteiger partial charge in [-0.15, -0.1) is 0 Å². The minimum atomic E-state index is 0.0289. The largest absolute Gasteiger partial charge is 0.192 e. The van der Waals surface area contributed by atoms with E-state index in [9.17, 15) is 0 Å². The minimum Gasteiger partial charge on any atom is -0.192 e. The second-order valence-electron chi connectivity index (χ2n) is 2.14. The molecule has 0 amide bonds. The Labute approximate surface area is 58.9 Å². The molecule has 0 atom stereocenters. The number of rotatable bonds is 1. The van der Waals surface area contributed by atoms with Gasteiger partial charge in [-0.3, -0.25) is 0 Å². The van der Waals surface area contributed by atoms with Gasteiger partial charge < -0.3 is 0 Å². The van der Waals surface area contributed by atoms with Crippen molar-refractivity contribution < 1.29 is 0 Å². The molecule has 0 aromatic heterocycles. The van der Waals surface area contributed by atoms with E-state index in [1.54, 1.807) is 0 Å². The highest BCUT2D eigenvalue weighted by Crippen LogP contribution is 2.20. The molecule has 2 heteroatoms. The lowest BCUT2D eigenvalue weighted by molar-refractivity contribution is 0.745. The number of hydrogen-bond acceptors (Lipinski definition) is 2.